The minimum Gasteiger partial charge on any atom is -0.354 e. The van der Waals surface area contributed by atoms with Gasteiger partial charge in [-0.1, -0.05) is 6.92 Å². The third-order valence-electron chi connectivity index (χ3n) is 2.45. The van der Waals surface area contributed by atoms with Crippen LogP contribution in [0.5, 0.6) is 0 Å². The summed E-state index contributed by atoms with van der Waals surface area (Å²) in [5.74, 6) is -0.761. The first kappa shape index (κ1) is 20.3. The quantitative estimate of drug-likeness (QED) is 0.302. The van der Waals surface area contributed by atoms with Gasteiger partial charge in [-0.3, -0.25) is 9.11 Å². The lowest BCUT2D eigenvalue weighted by atomic mass is 10.5. The van der Waals surface area contributed by atoms with Gasteiger partial charge in [-0.25, -0.2) is 0 Å². The molecule has 0 saturated heterocycles. The van der Waals surface area contributed by atoms with E-state index in [-0.39, 0.29) is 30.9 Å². The first-order valence-corrected chi connectivity index (χ1v) is 10.2. The van der Waals surface area contributed by atoms with Gasteiger partial charge >= 0.3 is 0 Å². The Balaban J connectivity index is 2.78. The van der Waals surface area contributed by atoms with Crippen LogP contribution in [0.15, 0.2) is 0 Å². The molecule has 0 aromatic carbocycles. The molecule has 0 aliphatic carbocycles. The van der Waals surface area contributed by atoms with Gasteiger partial charge in [0.05, 0.1) is 11.5 Å². The van der Waals surface area contributed by atoms with Crippen molar-refractivity contribution >= 4 is 38.1 Å². The Morgan fingerprint density at radius 3 is 1.38 bits per heavy atom. The molecule has 0 spiro atoms. The van der Waals surface area contributed by atoms with Crippen molar-refractivity contribution < 1.29 is 25.9 Å². The van der Waals surface area contributed by atoms with Gasteiger partial charge in [0.1, 0.15) is 0 Å². The molecule has 1 heterocycles. The third-order valence-corrected chi connectivity index (χ3v) is 3.89. The molecule has 0 fully saturated rings. The number of nitrogens with zero attached hydrogens (tertiary/aromatic N) is 3. The summed E-state index contributed by atoms with van der Waals surface area (Å²) in [5.41, 5.74) is 0. The van der Waals surface area contributed by atoms with Crippen molar-refractivity contribution in [1.29, 1.82) is 0 Å². The minimum atomic E-state index is -4.12. The van der Waals surface area contributed by atoms with Gasteiger partial charge in [0.15, 0.2) is 0 Å². The van der Waals surface area contributed by atoms with Crippen molar-refractivity contribution in [2.24, 2.45) is 0 Å². The highest BCUT2D eigenvalue weighted by atomic mass is 32.2. The summed E-state index contributed by atoms with van der Waals surface area (Å²) in [6.45, 7) is 2.27. The second-order valence-electron chi connectivity index (χ2n) is 4.66. The number of hydrogen-bond donors (Lipinski definition) is 5. The zero-order valence-electron chi connectivity index (χ0n) is 12.9. The van der Waals surface area contributed by atoms with Gasteiger partial charge < -0.3 is 16.0 Å². The Hall–Kier alpha value is -1.77. The summed E-state index contributed by atoms with van der Waals surface area (Å²) >= 11 is 0. The number of aromatic nitrogens is 3. The van der Waals surface area contributed by atoms with Crippen LogP contribution in [0.25, 0.3) is 0 Å². The van der Waals surface area contributed by atoms with E-state index in [2.05, 4.69) is 30.9 Å². The fourth-order valence-electron chi connectivity index (χ4n) is 1.43. The Morgan fingerprint density at radius 2 is 1.08 bits per heavy atom. The van der Waals surface area contributed by atoms with Crippen molar-refractivity contribution in [2.75, 3.05) is 47.1 Å². The third kappa shape index (κ3) is 9.39. The molecular weight excluding hydrogens is 364 g/mol. The number of rotatable bonds is 11. The lowest BCUT2D eigenvalue weighted by Crippen LogP contribution is -2.19. The van der Waals surface area contributed by atoms with Crippen molar-refractivity contribution in [3.8, 4) is 0 Å². The van der Waals surface area contributed by atoms with Crippen molar-refractivity contribution in [3.63, 3.8) is 0 Å². The van der Waals surface area contributed by atoms with Gasteiger partial charge in [-0.2, -0.15) is 31.8 Å². The first-order valence-electron chi connectivity index (χ1n) is 6.97. The summed E-state index contributed by atoms with van der Waals surface area (Å²) in [5, 5.41) is 8.14. The summed E-state index contributed by atoms with van der Waals surface area (Å²) in [4.78, 5) is 12.0. The number of anilines is 3. The van der Waals surface area contributed by atoms with E-state index in [1.54, 1.807) is 0 Å². The molecule has 1 rings (SSSR count). The van der Waals surface area contributed by atoms with Crippen LogP contribution in [0, 0.1) is 0 Å². The van der Waals surface area contributed by atoms with Crippen molar-refractivity contribution in [3.05, 3.63) is 0 Å². The van der Waals surface area contributed by atoms with Gasteiger partial charge in [-0.15, -0.1) is 0 Å². The van der Waals surface area contributed by atoms with Crippen LogP contribution >= 0.6 is 0 Å². The maximum absolute atomic E-state index is 10.7. The van der Waals surface area contributed by atoms with Gasteiger partial charge in [0.25, 0.3) is 20.2 Å². The minimum absolute atomic E-state index is 0.0432. The highest BCUT2D eigenvalue weighted by Crippen LogP contribution is 2.09. The monoisotopic (exact) mass is 384 g/mol. The first-order chi connectivity index (χ1) is 11.1. The smallest absolute Gasteiger partial charge is 0.266 e. The van der Waals surface area contributed by atoms with Crippen LogP contribution in [0.3, 0.4) is 0 Å². The van der Waals surface area contributed by atoms with Crippen molar-refractivity contribution in [1.82, 2.24) is 15.0 Å². The molecule has 0 atom stereocenters. The molecule has 1 aromatic heterocycles. The number of hydrogen-bond acceptors (Lipinski definition) is 10. The standard InChI is InChI=1S/C10H20N6O6S2/c1-2-3-11-8-14-9(12-4-6-23(17,18)19)16-10(15-8)13-5-7-24(20,21)22/h2-7H2,1H3,(H,17,18,19)(H,20,21,22)(H3,11,12,13,14,15,16). The summed E-state index contributed by atoms with van der Waals surface area (Å²) in [6.07, 6.45) is 0.808. The normalized spacial score (nSPS) is 12.0. The van der Waals surface area contributed by atoms with E-state index in [4.69, 9.17) is 9.11 Å². The van der Waals surface area contributed by atoms with E-state index < -0.39 is 31.7 Å². The van der Waals surface area contributed by atoms with E-state index in [1.165, 1.54) is 0 Å². The van der Waals surface area contributed by atoms with Crippen LogP contribution < -0.4 is 16.0 Å². The maximum atomic E-state index is 10.7. The SMILES string of the molecule is CCCNc1nc(NCCS(=O)(=O)O)nc(NCCS(=O)(=O)O)n1. The highest BCUT2D eigenvalue weighted by molar-refractivity contribution is 7.86. The Kier molecular flexibility index (Phi) is 7.53. The van der Waals surface area contributed by atoms with Crippen LogP contribution in [0.2, 0.25) is 0 Å². The Labute approximate surface area is 140 Å². The molecule has 0 bridgehead atoms. The molecule has 0 amide bonds. The van der Waals surface area contributed by atoms with E-state index in [0.29, 0.717) is 6.54 Å². The lowest BCUT2D eigenvalue weighted by Gasteiger charge is -2.10. The molecular formula is C10H20N6O6S2. The zero-order valence-corrected chi connectivity index (χ0v) is 14.6. The van der Waals surface area contributed by atoms with Crippen LogP contribution in [0.4, 0.5) is 17.8 Å². The van der Waals surface area contributed by atoms with Gasteiger partial charge in [0.2, 0.25) is 17.8 Å². The van der Waals surface area contributed by atoms with Crippen molar-refractivity contribution in [2.45, 2.75) is 13.3 Å². The molecule has 0 unspecified atom stereocenters. The van der Waals surface area contributed by atoms with Crippen LogP contribution in [0.1, 0.15) is 13.3 Å². The molecule has 1 aromatic rings. The highest BCUT2D eigenvalue weighted by Gasteiger charge is 2.10. The van der Waals surface area contributed by atoms with E-state index in [0.717, 1.165) is 6.42 Å². The average Bonchev–Trinajstić information content (AvgIpc) is 2.42. The molecule has 0 aliphatic heterocycles. The summed E-state index contributed by atoms with van der Waals surface area (Å²) in [7, 11) is -8.24. The largest absolute Gasteiger partial charge is 0.354 e. The number of nitrogens with one attached hydrogen (secondary N) is 3. The molecule has 14 heteroatoms. The fourth-order valence-corrected chi connectivity index (χ4v) is 2.15. The zero-order chi connectivity index (χ0) is 18.2. The van der Waals surface area contributed by atoms with Gasteiger partial charge in [0, 0.05) is 19.6 Å². The lowest BCUT2D eigenvalue weighted by molar-refractivity contribution is 0.481. The van der Waals surface area contributed by atoms with Crippen LogP contribution in [-0.4, -0.2) is 72.0 Å². The van der Waals surface area contributed by atoms with E-state index in [9.17, 15) is 16.8 Å². The molecule has 24 heavy (non-hydrogen) atoms. The second-order valence-corrected chi connectivity index (χ2v) is 7.80. The molecule has 5 N–H and O–H groups in total. The second kappa shape index (κ2) is 8.91. The summed E-state index contributed by atoms with van der Waals surface area (Å²) in [6, 6.07) is 0. The predicted octanol–water partition coefficient (Wildman–Crippen LogP) is -0.707. The maximum Gasteiger partial charge on any atom is 0.266 e. The van der Waals surface area contributed by atoms with Gasteiger partial charge in [-0.05, 0) is 6.42 Å². The predicted molar refractivity (Wildman–Crippen MR) is 88.4 cm³/mol. The summed E-state index contributed by atoms with van der Waals surface area (Å²) < 4.78 is 60.1. The van der Waals surface area contributed by atoms with Crippen LogP contribution in [-0.2, 0) is 20.2 Å². The van der Waals surface area contributed by atoms with E-state index in [1.807, 2.05) is 6.92 Å². The Morgan fingerprint density at radius 1 is 0.750 bits per heavy atom. The Bertz CT molecular complexity index is 682. The molecule has 138 valence electrons. The molecule has 0 aliphatic rings. The molecule has 12 nitrogen and oxygen atoms in total. The fraction of sp³-hybridized carbons (Fsp3) is 0.700. The molecule has 0 saturated carbocycles. The topological polar surface area (TPSA) is 184 Å². The van der Waals surface area contributed by atoms with E-state index >= 15 is 0 Å². The average molecular weight is 384 g/mol. The molecule has 0 radical (unpaired) electrons.